The van der Waals surface area contributed by atoms with E-state index in [0.29, 0.717) is 0 Å². The van der Waals surface area contributed by atoms with Crippen LogP contribution >= 0.6 is 0 Å². The summed E-state index contributed by atoms with van der Waals surface area (Å²) in [5.74, 6) is 0. The number of rotatable bonds is 0. The van der Waals surface area contributed by atoms with Crippen molar-refractivity contribution in [1.29, 1.82) is 0 Å². The fourth-order valence-electron chi connectivity index (χ4n) is 0.905. The van der Waals surface area contributed by atoms with Gasteiger partial charge in [0.1, 0.15) is 0 Å². The molecule has 3 heteroatoms. The normalized spacial score (nSPS) is 10.5. The first-order valence-corrected chi connectivity index (χ1v) is 3.13. The standard InChI is InChI=1S/C7H7N3/c1-6-5-8-10-4-2-3-7(10)9-6/h2-5H,1H3. The molecule has 0 atom stereocenters. The summed E-state index contributed by atoms with van der Waals surface area (Å²) in [6, 6.07) is 3.86. The quantitative estimate of drug-likeness (QED) is 0.537. The smallest absolute Gasteiger partial charge is 0.153 e. The Morgan fingerprint density at radius 3 is 3.30 bits per heavy atom. The highest BCUT2D eigenvalue weighted by atomic mass is 15.2. The number of nitrogens with zero attached hydrogens (tertiary/aromatic N) is 3. The van der Waals surface area contributed by atoms with E-state index in [1.54, 1.807) is 10.7 Å². The Morgan fingerprint density at radius 1 is 1.50 bits per heavy atom. The average Bonchev–Trinajstić information content (AvgIpc) is 2.33. The summed E-state index contributed by atoms with van der Waals surface area (Å²) in [7, 11) is 0. The largest absolute Gasteiger partial charge is 0.232 e. The van der Waals surface area contributed by atoms with Crippen molar-refractivity contribution in [1.82, 2.24) is 14.6 Å². The van der Waals surface area contributed by atoms with E-state index in [2.05, 4.69) is 10.1 Å². The fourth-order valence-corrected chi connectivity index (χ4v) is 0.905. The van der Waals surface area contributed by atoms with Gasteiger partial charge in [0.2, 0.25) is 0 Å². The molecule has 0 aliphatic carbocycles. The minimum absolute atomic E-state index is 0.903. The molecular formula is C7H7N3. The van der Waals surface area contributed by atoms with E-state index < -0.39 is 0 Å². The third-order valence-corrected chi connectivity index (χ3v) is 1.37. The molecule has 0 saturated carbocycles. The van der Waals surface area contributed by atoms with E-state index in [1.807, 2.05) is 25.3 Å². The lowest BCUT2D eigenvalue weighted by Gasteiger charge is -1.91. The van der Waals surface area contributed by atoms with Crippen LogP contribution in [0.4, 0.5) is 0 Å². The minimum atomic E-state index is 0.903. The second kappa shape index (κ2) is 1.80. The highest BCUT2D eigenvalue weighted by Crippen LogP contribution is 1.97. The van der Waals surface area contributed by atoms with E-state index in [-0.39, 0.29) is 0 Å². The summed E-state index contributed by atoms with van der Waals surface area (Å²) in [5.41, 5.74) is 1.85. The van der Waals surface area contributed by atoms with Crippen molar-refractivity contribution in [3.05, 3.63) is 30.2 Å². The minimum Gasteiger partial charge on any atom is -0.232 e. The predicted octanol–water partition coefficient (Wildman–Crippen LogP) is 1.04. The molecule has 0 aliphatic heterocycles. The zero-order valence-corrected chi connectivity index (χ0v) is 5.65. The Morgan fingerprint density at radius 2 is 2.40 bits per heavy atom. The summed E-state index contributed by atoms with van der Waals surface area (Å²) in [6.07, 6.45) is 3.62. The van der Waals surface area contributed by atoms with Gasteiger partial charge in [-0.3, -0.25) is 0 Å². The lowest BCUT2D eigenvalue weighted by atomic mass is 10.5. The van der Waals surface area contributed by atoms with Crippen LogP contribution in [0.2, 0.25) is 0 Å². The van der Waals surface area contributed by atoms with Crippen molar-refractivity contribution in [2.45, 2.75) is 6.92 Å². The van der Waals surface area contributed by atoms with Crippen LogP contribution in [0.3, 0.4) is 0 Å². The van der Waals surface area contributed by atoms with Gasteiger partial charge in [0.15, 0.2) is 5.65 Å². The first-order chi connectivity index (χ1) is 4.86. The van der Waals surface area contributed by atoms with Crippen molar-refractivity contribution in [3.8, 4) is 0 Å². The first kappa shape index (κ1) is 5.41. The maximum absolute atomic E-state index is 4.24. The molecule has 0 fully saturated rings. The molecular weight excluding hydrogens is 126 g/mol. The molecule has 2 aromatic heterocycles. The van der Waals surface area contributed by atoms with E-state index in [9.17, 15) is 0 Å². The van der Waals surface area contributed by atoms with E-state index >= 15 is 0 Å². The maximum Gasteiger partial charge on any atom is 0.153 e. The van der Waals surface area contributed by atoms with Gasteiger partial charge in [-0.2, -0.15) is 5.10 Å². The molecule has 0 spiro atoms. The summed E-state index contributed by atoms with van der Waals surface area (Å²) in [5, 5.41) is 4.09. The number of hydrogen-bond acceptors (Lipinski definition) is 2. The monoisotopic (exact) mass is 133 g/mol. The topological polar surface area (TPSA) is 30.2 Å². The van der Waals surface area contributed by atoms with Crippen molar-refractivity contribution in [2.24, 2.45) is 0 Å². The Labute approximate surface area is 58.3 Å². The van der Waals surface area contributed by atoms with Crippen LogP contribution < -0.4 is 0 Å². The van der Waals surface area contributed by atoms with Crippen LogP contribution in [0.25, 0.3) is 5.65 Å². The highest BCUT2D eigenvalue weighted by Gasteiger charge is 1.91. The van der Waals surface area contributed by atoms with Crippen LogP contribution in [-0.4, -0.2) is 14.6 Å². The van der Waals surface area contributed by atoms with Crippen LogP contribution in [0.1, 0.15) is 5.69 Å². The van der Waals surface area contributed by atoms with Crippen LogP contribution in [0.15, 0.2) is 24.5 Å². The lowest BCUT2D eigenvalue weighted by Crippen LogP contribution is -1.92. The Hall–Kier alpha value is -1.38. The molecule has 0 aliphatic rings. The molecule has 50 valence electrons. The van der Waals surface area contributed by atoms with Gasteiger partial charge in [0, 0.05) is 6.20 Å². The summed E-state index contributed by atoms with van der Waals surface area (Å²) in [4.78, 5) is 4.24. The second-order valence-corrected chi connectivity index (χ2v) is 2.21. The third kappa shape index (κ3) is 0.673. The SMILES string of the molecule is Cc1cnn2cccc2n1. The molecule has 10 heavy (non-hydrogen) atoms. The molecule has 2 heterocycles. The molecule has 0 bridgehead atoms. The molecule has 2 rings (SSSR count). The van der Waals surface area contributed by atoms with Crippen LogP contribution in [-0.2, 0) is 0 Å². The number of fused-ring (bicyclic) bond motifs is 1. The van der Waals surface area contributed by atoms with E-state index in [0.717, 1.165) is 11.3 Å². The molecule has 3 nitrogen and oxygen atoms in total. The zero-order valence-electron chi connectivity index (χ0n) is 5.65. The highest BCUT2D eigenvalue weighted by molar-refractivity contribution is 5.36. The lowest BCUT2D eigenvalue weighted by molar-refractivity contribution is 0.893. The number of aromatic nitrogens is 3. The van der Waals surface area contributed by atoms with Gasteiger partial charge in [0.05, 0.1) is 11.9 Å². The Kier molecular flexibility index (Phi) is 0.974. The average molecular weight is 133 g/mol. The van der Waals surface area contributed by atoms with Crippen molar-refractivity contribution in [3.63, 3.8) is 0 Å². The van der Waals surface area contributed by atoms with E-state index in [4.69, 9.17) is 0 Å². The van der Waals surface area contributed by atoms with Gasteiger partial charge in [-0.05, 0) is 19.1 Å². The predicted molar refractivity (Wildman–Crippen MR) is 37.7 cm³/mol. The molecule has 0 saturated heterocycles. The zero-order chi connectivity index (χ0) is 6.97. The van der Waals surface area contributed by atoms with Gasteiger partial charge >= 0.3 is 0 Å². The van der Waals surface area contributed by atoms with Gasteiger partial charge in [0.25, 0.3) is 0 Å². The van der Waals surface area contributed by atoms with Gasteiger partial charge in [-0.25, -0.2) is 9.50 Å². The second-order valence-electron chi connectivity index (χ2n) is 2.21. The first-order valence-electron chi connectivity index (χ1n) is 3.13. The Balaban J connectivity index is 2.86. The fraction of sp³-hybridized carbons (Fsp3) is 0.143. The third-order valence-electron chi connectivity index (χ3n) is 1.37. The summed E-state index contributed by atoms with van der Waals surface area (Å²) >= 11 is 0. The molecule has 0 aromatic carbocycles. The summed E-state index contributed by atoms with van der Waals surface area (Å²) in [6.45, 7) is 1.93. The van der Waals surface area contributed by atoms with Crippen LogP contribution in [0, 0.1) is 6.92 Å². The van der Waals surface area contributed by atoms with Gasteiger partial charge in [-0.15, -0.1) is 0 Å². The molecule has 0 radical (unpaired) electrons. The maximum atomic E-state index is 4.24. The summed E-state index contributed by atoms with van der Waals surface area (Å²) < 4.78 is 1.74. The molecule has 0 unspecified atom stereocenters. The van der Waals surface area contributed by atoms with Crippen molar-refractivity contribution >= 4 is 5.65 Å². The molecule has 0 amide bonds. The van der Waals surface area contributed by atoms with Crippen LogP contribution in [0.5, 0.6) is 0 Å². The van der Waals surface area contributed by atoms with Crippen molar-refractivity contribution in [2.75, 3.05) is 0 Å². The van der Waals surface area contributed by atoms with Crippen molar-refractivity contribution < 1.29 is 0 Å². The number of aryl methyl sites for hydroxylation is 1. The molecule has 2 aromatic rings. The van der Waals surface area contributed by atoms with Gasteiger partial charge < -0.3 is 0 Å². The van der Waals surface area contributed by atoms with E-state index in [1.165, 1.54) is 0 Å². The van der Waals surface area contributed by atoms with Gasteiger partial charge in [-0.1, -0.05) is 0 Å². The number of hydrogen-bond donors (Lipinski definition) is 0. The Bertz CT molecular complexity index is 350. The molecule has 0 N–H and O–H groups in total.